The van der Waals surface area contributed by atoms with Gasteiger partial charge >= 0.3 is 6.03 Å². The first kappa shape index (κ1) is 20.0. The molecule has 148 valence electrons. The number of nitrogens with one attached hydrogen (secondary N) is 2. The summed E-state index contributed by atoms with van der Waals surface area (Å²) in [7, 11) is 0. The van der Waals surface area contributed by atoms with Crippen LogP contribution < -0.4 is 10.7 Å². The Morgan fingerprint density at radius 1 is 1.18 bits per heavy atom. The molecule has 0 unspecified atom stereocenters. The van der Waals surface area contributed by atoms with Crippen molar-refractivity contribution in [2.45, 2.75) is 32.4 Å². The number of hydrogen-bond donors (Lipinski definition) is 2. The van der Waals surface area contributed by atoms with Crippen LogP contribution in [0.15, 0.2) is 47.8 Å². The first-order valence-corrected chi connectivity index (χ1v) is 10.1. The summed E-state index contributed by atoms with van der Waals surface area (Å²) in [4.78, 5) is 41.1. The largest absolute Gasteiger partial charge is 0.344 e. The van der Waals surface area contributed by atoms with Gasteiger partial charge in [-0.2, -0.15) is 5.01 Å². The number of benzene rings is 1. The summed E-state index contributed by atoms with van der Waals surface area (Å²) >= 11 is 1.63. The van der Waals surface area contributed by atoms with E-state index in [4.69, 9.17) is 0 Å². The summed E-state index contributed by atoms with van der Waals surface area (Å²) in [6.45, 7) is 5.21. The lowest BCUT2D eigenvalue weighted by Crippen LogP contribution is -2.51. The molecule has 2 heterocycles. The Labute approximate surface area is 168 Å². The number of carbonyl (C=O) groups is 3. The smallest absolute Gasteiger partial charge is 0.318 e. The van der Waals surface area contributed by atoms with Crippen LogP contribution in [0.1, 0.15) is 30.7 Å². The Morgan fingerprint density at radius 3 is 2.54 bits per heavy atom. The fraction of sp³-hybridized carbons (Fsp3) is 0.350. The molecule has 1 aliphatic rings. The van der Waals surface area contributed by atoms with E-state index in [2.05, 4.69) is 10.7 Å². The average Bonchev–Trinajstić information content (AvgIpc) is 3.30. The predicted molar refractivity (Wildman–Crippen MR) is 107 cm³/mol. The number of urea groups is 1. The number of rotatable bonds is 8. The third-order valence-corrected chi connectivity index (χ3v) is 5.76. The second-order valence-electron chi connectivity index (χ2n) is 6.61. The summed E-state index contributed by atoms with van der Waals surface area (Å²) < 4.78 is 0. The fourth-order valence-electron chi connectivity index (χ4n) is 3.30. The van der Waals surface area contributed by atoms with Gasteiger partial charge in [0.05, 0.1) is 6.54 Å². The SMILES string of the molecule is CCN(CC(=O)NN1C(=O)N[C@](CC)(c2ccccc2)C1=O)Cc1cccs1. The molecule has 0 radical (unpaired) electrons. The molecule has 3 rings (SSSR count). The monoisotopic (exact) mass is 400 g/mol. The summed E-state index contributed by atoms with van der Waals surface area (Å²) in [6.07, 6.45) is 0.382. The average molecular weight is 401 g/mol. The van der Waals surface area contributed by atoms with E-state index in [1.54, 1.807) is 23.5 Å². The highest BCUT2D eigenvalue weighted by Crippen LogP contribution is 2.31. The van der Waals surface area contributed by atoms with Crippen LogP contribution in [-0.4, -0.2) is 40.8 Å². The van der Waals surface area contributed by atoms with Crippen LogP contribution in [0.25, 0.3) is 0 Å². The van der Waals surface area contributed by atoms with Crippen LogP contribution in [0.2, 0.25) is 0 Å². The predicted octanol–water partition coefficient (Wildman–Crippen LogP) is 2.46. The molecule has 0 aliphatic carbocycles. The maximum atomic E-state index is 13.0. The highest BCUT2D eigenvalue weighted by atomic mass is 32.1. The summed E-state index contributed by atoms with van der Waals surface area (Å²) in [6, 6.07) is 12.4. The normalized spacial score (nSPS) is 19.2. The number of nitrogens with zero attached hydrogens (tertiary/aromatic N) is 2. The van der Waals surface area contributed by atoms with Gasteiger partial charge in [-0.15, -0.1) is 11.3 Å². The van der Waals surface area contributed by atoms with Crippen molar-refractivity contribution < 1.29 is 14.4 Å². The number of thiophene rings is 1. The van der Waals surface area contributed by atoms with Gasteiger partial charge in [-0.1, -0.05) is 50.2 Å². The molecule has 1 aromatic carbocycles. The van der Waals surface area contributed by atoms with Gasteiger partial charge in [0.25, 0.3) is 11.8 Å². The summed E-state index contributed by atoms with van der Waals surface area (Å²) in [5.41, 5.74) is 2.01. The van der Waals surface area contributed by atoms with Crippen molar-refractivity contribution in [3.63, 3.8) is 0 Å². The number of likely N-dealkylation sites (N-methyl/N-ethyl adjacent to an activating group) is 1. The Bertz CT molecular complexity index is 840. The van der Waals surface area contributed by atoms with Crippen LogP contribution in [0.4, 0.5) is 4.79 Å². The van der Waals surface area contributed by atoms with E-state index in [1.165, 1.54) is 0 Å². The summed E-state index contributed by atoms with van der Waals surface area (Å²) in [5.74, 6) is -0.872. The van der Waals surface area contributed by atoms with Crippen molar-refractivity contribution in [3.8, 4) is 0 Å². The van der Waals surface area contributed by atoms with Crippen molar-refractivity contribution >= 4 is 29.2 Å². The number of hydrogen-bond acceptors (Lipinski definition) is 5. The van der Waals surface area contributed by atoms with Crippen molar-refractivity contribution in [1.29, 1.82) is 0 Å². The molecule has 2 aromatic rings. The molecule has 0 spiro atoms. The lowest BCUT2D eigenvalue weighted by atomic mass is 9.87. The van der Waals surface area contributed by atoms with Gasteiger partial charge in [-0.05, 0) is 30.0 Å². The molecule has 1 atom stereocenters. The molecule has 2 N–H and O–H groups in total. The third kappa shape index (κ3) is 3.93. The van der Waals surface area contributed by atoms with Gasteiger partial charge in [-0.25, -0.2) is 4.79 Å². The molecule has 4 amide bonds. The molecule has 1 aliphatic heterocycles. The first-order valence-electron chi connectivity index (χ1n) is 9.26. The van der Waals surface area contributed by atoms with Crippen LogP contribution in [-0.2, 0) is 21.7 Å². The zero-order valence-electron chi connectivity index (χ0n) is 16.0. The first-order chi connectivity index (χ1) is 13.5. The van der Waals surface area contributed by atoms with Crippen LogP contribution in [0, 0.1) is 0 Å². The zero-order chi connectivity index (χ0) is 20.1. The second kappa shape index (κ2) is 8.53. The van der Waals surface area contributed by atoms with Crippen LogP contribution in [0.5, 0.6) is 0 Å². The lowest BCUT2D eigenvalue weighted by molar-refractivity contribution is -0.139. The Morgan fingerprint density at radius 2 is 1.93 bits per heavy atom. The fourth-order valence-corrected chi connectivity index (χ4v) is 4.05. The minimum Gasteiger partial charge on any atom is -0.318 e. The molecule has 8 heteroatoms. The van der Waals surface area contributed by atoms with Gasteiger partial charge in [0.15, 0.2) is 0 Å². The third-order valence-electron chi connectivity index (χ3n) is 4.90. The van der Waals surface area contributed by atoms with Crippen molar-refractivity contribution in [3.05, 3.63) is 58.3 Å². The van der Waals surface area contributed by atoms with Gasteiger partial charge in [0.2, 0.25) is 0 Å². The number of carbonyl (C=O) groups excluding carboxylic acids is 3. The van der Waals surface area contributed by atoms with E-state index >= 15 is 0 Å². The minimum atomic E-state index is -1.16. The van der Waals surface area contributed by atoms with Crippen molar-refractivity contribution in [1.82, 2.24) is 20.7 Å². The number of amides is 4. The quantitative estimate of drug-likeness (QED) is 0.667. The van der Waals surface area contributed by atoms with E-state index in [0.29, 0.717) is 25.1 Å². The molecular weight excluding hydrogens is 376 g/mol. The van der Waals surface area contributed by atoms with Gasteiger partial charge < -0.3 is 5.32 Å². The topological polar surface area (TPSA) is 81.8 Å². The highest BCUT2D eigenvalue weighted by molar-refractivity contribution is 7.09. The molecule has 28 heavy (non-hydrogen) atoms. The molecule has 1 saturated heterocycles. The second-order valence-corrected chi connectivity index (χ2v) is 7.65. The summed E-state index contributed by atoms with van der Waals surface area (Å²) in [5, 5.41) is 5.55. The number of imide groups is 1. The molecule has 7 nitrogen and oxygen atoms in total. The zero-order valence-corrected chi connectivity index (χ0v) is 16.8. The minimum absolute atomic E-state index is 0.0932. The van der Waals surface area contributed by atoms with Gasteiger partial charge in [-0.3, -0.25) is 19.9 Å². The molecule has 1 fully saturated rings. The Hall–Kier alpha value is -2.71. The van der Waals surface area contributed by atoms with Gasteiger partial charge in [0, 0.05) is 11.4 Å². The number of hydrazine groups is 1. The molecule has 0 bridgehead atoms. The standard InChI is InChI=1S/C20H24N4O3S/c1-3-20(15-9-6-5-7-10-15)18(26)24(19(27)21-20)22-17(25)14-23(4-2)13-16-11-8-12-28-16/h5-12H,3-4,13-14H2,1-2H3,(H,21,27)(H,22,25)/t20-/m1/s1. The van der Waals surface area contributed by atoms with Crippen molar-refractivity contribution in [2.75, 3.05) is 13.1 Å². The van der Waals surface area contributed by atoms with E-state index < -0.39 is 23.4 Å². The maximum Gasteiger partial charge on any atom is 0.344 e. The van der Waals surface area contributed by atoms with E-state index in [0.717, 1.165) is 9.89 Å². The van der Waals surface area contributed by atoms with E-state index in [1.807, 2.05) is 54.5 Å². The van der Waals surface area contributed by atoms with Crippen molar-refractivity contribution in [2.24, 2.45) is 0 Å². The van der Waals surface area contributed by atoms with E-state index in [9.17, 15) is 14.4 Å². The Balaban J connectivity index is 1.69. The van der Waals surface area contributed by atoms with Crippen LogP contribution >= 0.6 is 11.3 Å². The lowest BCUT2D eigenvalue weighted by Gasteiger charge is -2.26. The highest BCUT2D eigenvalue weighted by Gasteiger charge is 2.52. The molecule has 0 saturated carbocycles. The molecule has 1 aromatic heterocycles. The Kier molecular flexibility index (Phi) is 6.11. The maximum absolute atomic E-state index is 13.0. The van der Waals surface area contributed by atoms with Gasteiger partial charge in [0.1, 0.15) is 5.54 Å². The van der Waals surface area contributed by atoms with E-state index in [-0.39, 0.29) is 6.54 Å². The molecular formula is C20H24N4O3S. The van der Waals surface area contributed by atoms with Crippen LogP contribution in [0.3, 0.4) is 0 Å².